The first-order valence-corrected chi connectivity index (χ1v) is 10.3. The van der Waals surface area contributed by atoms with Crippen LogP contribution in [0.3, 0.4) is 0 Å². The third-order valence-electron chi connectivity index (χ3n) is 5.17. The number of benzene rings is 2. The van der Waals surface area contributed by atoms with Gasteiger partial charge in [-0.05, 0) is 69.0 Å². The molecule has 0 saturated heterocycles. The van der Waals surface area contributed by atoms with Gasteiger partial charge in [-0.1, -0.05) is 12.1 Å². The zero-order chi connectivity index (χ0) is 22.8. The van der Waals surface area contributed by atoms with Gasteiger partial charge in [-0.3, -0.25) is 9.59 Å². The molecule has 2 N–H and O–H groups in total. The maximum atomic E-state index is 13.5. The van der Waals surface area contributed by atoms with Gasteiger partial charge in [0.2, 0.25) is 0 Å². The van der Waals surface area contributed by atoms with E-state index in [0.29, 0.717) is 49.3 Å². The first-order valence-electron chi connectivity index (χ1n) is 10.3. The molecule has 0 aliphatic heterocycles. The largest absolute Gasteiger partial charge is 0.496 e. The molecule has 0 aromatic heterocycles. The average Bonchev–Trinajstić information content (AvgIpc) is 2.75. The topological polar surface area (TPSA) is 84.9 Å². The minimum atomic E-state index is -0.836. The van der Waals surface area contributed by atoms with E-state index >= 15 is 0 Å². The molecule has 0 aliphatic carbocycles. The Labute approximate surface area is 182 Å². The fourth-order valence-corrected chi connectivity index (χ4v) is 3.44. The SMILES string of the molecule is COc1cc(C(=O)C(CCc2cccc(F)c2)NCCCCC(=O)O)cc(OC)c1C. The number of carbonyl (C=O) groups is 2. The summed E-state index contributed by atoms with van der Waals surface area (Å²) in [6.07, 6.45) is 2.25. The number of methoxy groups -OCH3 is 2. The fraction of sp³-hybridized carbons (Fsp3) is 0.417. The van der Waals surface area contributed by atoms with Crippen LogP contribution < -0.4 is 14.8 Å². The van der Waals surface area contributed by atoms with Crippen molar-refractivity contribution in [1.29, 1.82) is 0 Å². The van der Waals surface area contributed by atoms with E-state index < -0.39 is 12.0 Å². The molecule has 2 aromatic carbocycles. The van der Waals surface area contributed by atoms with Crippen molar-refractivity contribution >= 4 is 11.8 Å². The summed E-state index contributed by atoms with van der Waals surface area (Å²) in [4.78, 5) is 24.0. The number of carboxylic acid groups (broad SMARTS) is 1. The van der Waals surface area contributed by atoms with Crippen LogP contribution in [0.2, 0.25) is 0 Å². The molecule has 7 heteroatoms. The second-order valence-electron chi connectivity index (χ2n) is 7.40. The highest BCUT2D eigenvalue weighted by Crippen LogP contribution is 2.30. The number of rotatable bonds is 13. The van der Waals surface area contributed by atoms with Gasteiger partial charge in [-0.15, -0.1) is 0 Å². The quantitative estimate of drug-likeness (QED) is 0.366. The van der Waals surface area contributed by atoms with E-state index in [9.17, 15) is 14.0 Å². The van der Waals surface area contributed by atoms with Crippen molar-refractivity contribution in [2.75, 3.05) is 20.8 Å². The summed E-state index contributed by atoms with van der Waals surface area (Å²) >= 11 is 0. The first kappa shape index (κ1) is 24.3. The Bertz CT molecular complexity index is 874. The minimum Gasteiger partial charge on any atom is -0.496 e. The third kappa shape index (κ3) is 7.36. The summed E-state index contributed by atoms with van der Waals surface area (Å²) < 4.78 is 24.3. The monoisotopic (exact) mass is 431 g/mol. The lowest BCUT2D eigenvalue weighted by molar-refractivity contribution is -0.137. The van der Waals surface area contributed by atoms with Crippen LogP contribution in [0.1, 0.15) is 47.2 Å². The zero-order valence-electron chi connectivity index (χ0n) is 18.2. The fourth-order valence-electron chi connectivity index (χ4n) is 3.44. The molecular formula is C24H30FNO5. The number of aryl methyl sites for hydroxylation is 1. The molecule has 1 unspecified atom stereocenters. The van der Waals surface area contributed by atoms with E-state index in [-0.39, 0.29) is 18.0 Å². The van der Waals surface area contributed by atoms with Gasteiger partial charge >= 0.3 is 5.97 Å². The van der Waals surface area contributed by atoms with Crippen LogP contribution in [0, 0.1) is 12.7 Å². The van der Waals surface area contributed by atoms with Crippen LogP contribution in [0.25, 0.3) is 0 Å². The normalized spacial score (nSPS) is 11.7. The van der Waals surface area contributed by atoms with Crippen LogP contribution in [-0.2, 0) is 11.2 Å². The highest BCUT2D eigenvalue weighted by atomic mass is 19.1. The van der Waals surface area contributed by atoms with E-state index in [1.165, 1.54) is 26.4 Å². The molecule has 0 saturated carbocycles. The molecule has 0 fully saturated rings. The molecule has 0 aliphatic rings. The molecule has 0 spiro atoms. The predicted octanol–water partition coefficient (Wildman–Crippen LogP) is 4.18. The summed E-state index contributed by atoms with van der Waals surface area (Å²) in [5.41, 5.74) is 2.07. The third-order valence-corrected chi connectivity index (χ3v) is 5.17. The van der Waals surface area contributed by atoms with Gasteiger partial charge in [0.25, 0.3) is 0 Å². The van der Waals surface area contributed by atoms with Gasteiger partial charge in [0.1, 0.15) is 17.3 Å². The van der Waals surface area contributed by atoms with Gasteiger partial charge in [0.15, 0.2) is 5.78 Å². The van der Waals surface area contributed by atoms with E-state index in [1.807, 2.05) is 13.0 Å². The molecule has 6 nitrogen and oxygen atoms in total. The number of hydrogen-bond acceptors (Lipinski definition) is 5. The average molecular weight is 432 g/mol. The maximum absolute atomic E-state index is 13.5. The molecule has 0 radical (unpaired) electrons. The molecule has 0 heterocycles. The number of ether oxygens (including phenoxy) is 2. The van der Waals surface area contributed by atoms with Gasteiger partial charge < -0.3 is 19.9 Å². The summed E-state index contributed by atoms with van der Waals surface area (Å²) in [6.45, 7) is 2.36. The van der Waals surface area contributed by atoms with Crippen molar-refractivity contribution in [2.45, 2.75) is 45.1 Å². The summed E-state index contributed by atoms with van der Waals surface area (Å²) in [7, 11) is 3.08. The Morgan fingerprint density at radius 2 is 1.77 bits per heavy atom. The molecule has 2 rings (SSSR count). The minimum absolute atomic E-state index is 0.0932. The highest BCUT2D eigenvalue weighted by Gasteiger charge is 2.22. The lowest BCUT2D eigenvalue weighted by atomic mass is 9.96. The van der Waals surface area contributed by atoms with Crippen LogP contribution in [0.5, 0.6) is 11.5 Å². The van der Waals surface area contributed by atoms with Crippen LogP contribution in [0.15, 0.2) is 36.4 Å². The summed E-state index contributed by atoms with van der Waals surface area (Å²) in [5.74, 6) is -0.139. The lowest BCUT2D eigenvalue weighted by Crippen LogP contribution is -2.38. The number of aliphatic carboxylic acids is 1. The van der Waals surface area contributed by atoms with Gasteiger partial charge in [-0.25, -0.2) is 4.39 Å². The van der Waals surface area contributed by atoms with Crippen molar-refractivity contribution in [3.05, 3.63) is 58.9 Å². The standard InChI is InChI=1S/C24H30FNO5/c1-16-21(30-2)14-18(15-22(16)31-3)24(29)20(26-12-5-4-9-23(27)28)11-10-17-7-6-8-19(25)13-17/h6-8,13-15,20,26H,4-5,9-12H2,1-3H3,(H,27,28). The van der Waals surface area contributed by atoms with E-state index in [0.717, 1.165) is 11.1 Å². The number of unbranched alkanes of at least 4 members (excludes halogenated alkanes) is 1. The van der Waals surface area contributed by atoms with Crippen molar-refractivity contribution < 1.29 is 28.6 Å². The van der Waals surface area contributed by atoms with E-state index in [2.05, 4.69) is 5.32 Å². The van der Waals surface area contributed by atoms with Gasteiger partial charge in [-0.2, -0.15) is 0 Å². The Morgan fingerprint density at radius 1 is 1.10 bits per heavy atom. The maximum Gasteiger partial charge on any atom is 0.303 e. The lowest BCUT2D eigenvalue weighted by Gasteiger charge is -2.19. The molecule has 2 aromatic rings. The number of carbonyl (C=O) groups excluding carboxylic acids is 1. The molecule has 0 bridgehead atoms. The Hall–Kier alpha value is -2.93. The Balaban J connectivity index is 2.17. The molecule has 168 valence electrons. The van der Waals surface area contributed by atoms with Crippen LogP contribution >= 0.6 is 0 Å². The van der Waals surface area contributed by atoms with Crippen LogP contribution in [0.4, 0.5) is 4.39 Å². The number of Topliss-reactive ketones (excluding diaryl/α,β-unsaturated/α-hetero) is 1. The molecular weight excluding hydrogens is 401 g/mol. The van der Waals surface area contributed by atoms with Crippen molar-refractivity contribution in [2.24, 2.45) is 0 Å². The van der Waals surface area contributed by atoms with Crippen molar-refractivity contribution in [3.63, 3.8) is 0 Å². The van der Waals surface area contributed by atoms with E-state index in [1.54, 1.807) is 18.2 Å². The van der Waals surface area contributed by atoms with Crippen molar-refractivity contribution in [1.82, 2.24) is 5.32 Å². The first-order chi connectivity index (χ1) is 14.8. The Morgan fingerprint density at radius 3 is 2.35 bits per heavy atom. The van der Waals surface area contributed by atoms with Crippen LogP contribution in [-0.4, -0.2) is 43.7 Å². The second kappa shape index (κ2) is 12.1. The number of nitrogens with one attached hydrogen (secondary N) is 1. The Kier molecular flexibility index (Phi) is 9.46. The van der Waals surface area contributed by atoms with Crippen molar-refractivity contribution in [3.8, 4) is 11.5 Å². The number of carboxylic acids is 1. The molecule has 0 amide bonds. The number of ketones is 1. The van der Waals surface area contributed by atoms with Gasteiger partial charge in [0, 0.05) is 17.5 Å². The second-order valence-corrected chi connectivity index (χ2v) is 7.40. The smallest absolute Gasteiger partial charge is 0.303 e. The molecule has 31 heavy (non-hydrogen) atoms. The van der Waals surface area contributed by atoms with E-state index in [4.69, 9.17) is 14.6 Å². The summed E-state index contributed by atoms with van der Waals surface area (Å²) in [5, 5.41) is 12.0. The zero-order valence-corrected chi connectivity index (χ0v) is 18.2. The number of halogens is 1. The molecule has 1 atom stereocenters. The highest BCUT2D eigenvalue weighted by molar-refractivity contribution is 6.01. The summed E-state index contributed by atoms with van der Waals surface area (Å²) in [6, 6.07) is 9.21. The van der Waals surface area contributed by atoms with Gasteiger partial charge in [0.05, 0.1) is 20.3 Å². The number of hydrogen-bond donors (Lipinski definition) is 2. The predicted molar refractivity (Wildman–Crippen MR) is 117 cm³/mol.